The summed E-state index contributed by atoms with van der Waals surface area (Å²) in [6.07, 6.45) is -0.588. The molecule has 84 valence electrons. The Morgan fingerprint density at radius 2 is 2.07 bits per heavy atom. The van der Waals surface area contributed by atoms with Gasteiger partial charge in [-0.25, -0.2) is 9.18 Å². The quantitative estimate of drug-likeness (QED) is 0.723. The second-order valence-corrected chi connectivity index (χ2v) is 4.06. The van der Waals surface area contributed by atoms with Crippen LogP contribution in [-0.2, 0) is 4.74 Å². The number of halogens is 1. The highest BCUT2D eigenvalue weighted by Gasteiger charge is 2.18. The van der Waals surface area contributed by atoms with Gasteiger partial charge in [0.1, 0.15) is 12.3 Å². The van der Waals surface area contributed by atoms with Crippen molar-refractivity contribution in [2.45, 2.75) is 32.4 Å². The van der Waals surface area contributed by atoms with Crippen LogP contribution in [0.15, 0.2) is 0 Å². The van der Waals surface area contributed by atoms with Crippen LogP contribution < -0.4 is 10.6 Å². The zero-order valence-electron chi connectivity index (χ0n) is 9.19. The van der Waals surface area contributed by atoms with Crippen molar-refractivity contribution in [3.63, 3.8) is 0 Å². The minimum absolute atomic E-state index is 0.385. The van der Waals surface area contributed by atoms with E-state index < -0.39 is 24.4 Å². The topological polar surface area (TPSA) is 50.4 Å². The molecule has 0 fully saturated rings. The lowest BCUT2D eigenvalue weighted by molar-refractivity contribution is 0.0496. The third kappa shape index (κ3) is 6.65. The van der Waals surface area contributed by atoms with E-state index in [0.29, 0.717) is 6.54 Å². The van der Waals surface area contributed by atoms with Crippen LogP contribution in [0.4, 0.5) is 9.18 Å². The van der Waals surface area contributed by atoms with Crippen LogP contribution in [0, 0.1) is 0 Å². The molecule has 1 atom stereocenters. The Bertz CT molecular complexity index is 180. The van der Waals surface area contributed by atoms with Gasteiger partial charge in [0.05, 0.1) is 6.04 Å². The zero-order chi connectivity index (χ0) is 11.2. The van der Waals surface area contributed by atoms with Crippen molar-refractivity contribution in [2.24, 2.45) is 0 Å². The van der Waals surface area contributed by atoms with Crippen molar-refractivity contribution in [3.8, 4) is 0 Å². The molecule has 0 radical (unpaired) electrons. The van der Waals surface area contributed by atoms with Crippen molar-refractivity contribution >= 4 is 6.09 Å². The SMILES string of the molecule is CNCC(CF)NC(=O)OC(C)(C)C. The highest BCUT2D eigenvalue weighted by atomic mass is 19.1. The Morgan fingerprint density at radius 3 is 2.43 bits per heavy atom. The summed E-state index contributed by atoms with van der Waals surface area (Å²) in [5.74, 6) is 0. The molecule has 0 saturated carbocycles. The highest BCUT2D eigenvalue weighted by Crippen LogP contribution is 2.06. The molecule has 1 unspecified atom stereocenters. The van der Waals surface area contributed by atoms with E-state index in [4.69, 9.17) is 4.74 Å². The van der Waals surface area contributed by atoms with E-state index in [-0.39, 0.29) is 0 Å². The van der Waals surface area contributed by atoms with Crippen LogP contribution in [0.3, 0.4) is 0 Å². The van der Waals surface area contributed by atoms with Gasteiger partial charge >= 0.3 is 6.09 Å². The van der Waals surface area contributed by atoms with Crippen LogP contribution in [-0.4, -0.2) is 38.0 Å². The first-order valence-corrected chi connectivity index (χ1v) is 4.59. The fraction of sp³-hybridized carbons (Fsp3) is 0.889. The van der Waals surface area contributed by atoms with Crippen molar-refractivity contribution in [2.75, 3.05) is 20.3 Å². The Labute approximate surface area is 84.2 Å². The third-order valence-corrected chi connectivity index (χ3v) is 1.36. The molecule has 4 nitrogen and oxygen atoms in total. The van der Waals surface area contributed by atoms with Gasteiger partial charge in [-0.1, -0.05) is 0 Å². The van der Waals surface area contributed by atoms with Gasteiger partial charge in [-0.3, -0.25) is 0 Å². The lowest BCUT2D eigenvalue weighted by Crippen LogP contribution is -2.44. The summed E-state index contributed by atoms with van der Waals surface area (Å²) in [7, 11) is 1.69. The molecular formula is C9H19FN2O2. The third-order valence-electron chi connectivity index (χ3n) is 1.36. The van der Waals surface area contributed by atoms with Crippen molar-refractivity contribution in [3.05, 3.63) is 0 Å². The van der Waals surface area contributed by atoms with E-state index in [1.165, 1.54) is 0 Å². The van der Waals surface area contributed by atoms with E-state index in [0.717, 1.165) is 0 Å². The van der Waals surface area contributed by atoms with Gasteiger partial charge in [-0.05, 0) is 27.8 Å². The van der Waals surface area contributed by atoms with Crippen molar-refractivity contribution in [1.82, 2.24) is 10.6 Å². The molecule has 0 aromatic carbocycles. The predicted octanol–water partition coefficient (Wildman–Crippen LogP) is 1.07. The van der Waals surface area contributed by atoms with Gasteiger partial charge in [-0.2, -0.15) is 0 Å². The van der Waals surface area contributed by atoms with Crippen molar-refractivity contribution in [1.29, 1.82) is 0 Å². The lowest BCUT2D eigenvalue weighted by atomic mass is 10.2. The van der Waals surface area contributed by atoms with Crippen LogP contribution >= 0.6 is 0 Å². The molecule has 0 aliphatic heterocycles. The normalized spacial score (nSPS) is 13.5. The Hall–Kier alpha value is -0.840. The summed E-state index contributed by atoms with van der Waals surface area (Å²) in [6.45, 7) is 5.05. The first kappa shape index (κ1) is 13.2. The average Bonchev–Trinajstić information content (AvgIpc) is 2.00. The number of carbonyl (C=O) groups excluding carboxylic acids is 1. The Kier molecular flexibility index (Phi) is 5.45. The van der Waals surface area contributed by atoms with Crippen molar-refractivity contribution < 1.29 is 13.9 Å². The monoisotopic (exact) mass is 206 g/mol. The standard InChI is InChI=1S/C9H19FN2O2/c1-9(2,3)14-8(13)12-7(5-10)6-11-4/h7,11H,5-6H2,1-4H3,(H,12,13). The maximum absolute atomic E-state index is 12.3. The summed E-state index contributed by atoms with van der Waals surface area (Å²) >= 11 is 0. The van der Waals surface area contributed by atoms with Crippen LogP contribution in [0.25, 0.3) is 0 Å². The molecule has 14 heavy (non-hydrogen) atoms. The molecule has 0 spiro atoms. The first-order valence-electron chi connectivity index (χ1n) is 4.59. The molecule has 0 saturated heterocycles. The maximum atomic E-state index is 12.3. The Morgan fingerprint density at radius 1 is 1.50 bits per heavy atom. The number of amides is 1. The highest BCUT2D eigenvalue weighted by molar-refractivity contribution is 5.68. The van der Waals surface area contributed by atoms with Gasteiger partial charge < -0.3 is 15.4 Å². The molecule has 0 heterocycles. The minimum Gasteiger partial charge on any atom is -0.444 e. The molecule has 0 aliphatic rings. The largest absolute Gasteiger partial charge is 0.444 e. The summed E-state index contributed by atoms with van der Waals surface area (Å²) < 4.78 is 17.3. The minimum atomic E-state index is -0.611. The van der Waals surface area contributed by atoms with Gasteiger partial charge in [0.2, 0.25) is 0 Å². The molecule has 2 N–H and O–H groups in total. The number of carbonyl (C=O) groups is 1. The molecule has 5 heteroatoms. The second-order valence-electron chi connectivity index (χ2n) is 4.06. The van der Waals surface area contributed by atoms with Crippen LogP contribution in [0.2, 0.25) is 0 Å². The summed E-state index contributed by atoms with van der Waals surface area (Å²) in [4.78, 5) is 11.2. The number of alkyl carbamates (subject to hydrolysis) is 1. The number of ether oxygens (including phenoxy) is 1. The fourth-order valence-electron chi connectivity index (χ4n) is 0.865. The molecule has 1 amide bonds. The van der Waals surface area contributed by atoms with E-state index >= 15 is 0 Å². The number of nitrogens with one attached hydrogen (secondary N) is 2. The number of hydrogen-bond acceptors (Lipinski definition) is 3. The Balaban J connectivity index is 3.91. The molecule has 0 aromatic rings. The number of rotatable bonds is 4. The molecule has 0 bridgehead atoms. The smallest absolute Gasteiger partial charge is 0.408 e. The van der Waals surface area contributed by atoms with Gasteiger partial charge in [-0.15, -0.1) is 0 Å². The molecule has 0 aliphatic carbocycles. The number of alkyl halides is 1. The second kappa shape index (κ2) is 5.80. The van der Waals surface area contributed by atoms with Crippen LogP contribution in [0.5, 0.6) is 0 Å². The predicted molar refractivity (Wildman–Crippen MR) is 53.1 cm³/mol. The van der Waals surface area contributed by atoms with E-state index in [1.54, 1.807) is 27.8 Å². The lowest BCUT2D eigenvalue weighted by Gasteiger charge is -2.22. The first-order chi connectivity index (χ1) is 6.39. The summed E-state index contributed by atoms with van der Waals surface area (Å²) in [6, 6.07) is -0.533. The van der Waals surface area contributed by atoms with E-state index in [9.17, 15) is 9.18 Å². The van der Waals surface area contributed by atoms with Crippen LogP contribution in [0.1, 0.15) is 20.8 Å². The average molecular weight is 206 g/mol. The fourth-order valence-corrected chi connectivity index (χ4v) is 0.865. The maximum Gasteiger partial charge on any atom is 0.408 e. The van der Waals surface area contributed by atoms with Gasteiger partial charge in [0, 0.05) is 6.54 Å². The molecular weight excluding hydrogens is 187 g/mol. The van der Waals surface area contributed by atoms with E-state index in [1.807, 2.05) is 0 Å². The summed E-state index contributed by atoms with van der Waals surface area (Å²) in [5, 5.41) is 5.20. The van der Waals surface area contributed by atoms with E-state index in [2.05, 4.69) is 10.6 Å². The molecule has 0 rings (SSSR count). The molecule has 0 aromatic heterocycles. The van der Waals surface area contributed by atoms with Gasteiger partial charge in [0.15, 0.2) is 0 Å². The number of hydrogen-bond donors (Lipinski definition) is 2. The zero-order valence-corrected chi connectivity index (χ0v) is 9.19. The summed E-state index contributed by atoms with van der Waals surface area (Å²) in [5.41, 5.74) is -0.551. The van der Waals surface area contributed by atoms with Gasteiger partial charge in [0.25, 0.3) is 0 Å². The number of likely N-dealkylation sites (N-methyl/N-ethyl adjacent to an activating group) is 1.